The van der Waals surface area contributed by atoms with Crippen LogP contribution in [0.4, 0.5) is 10.0 Å². The first-order chi connectivity index (χ1) is 11.8. The highest BCUT2D eigenvalue weighted by Gasteiger charge is 2.07. The van der Waals surface area contributed by atoms with Crippen LogP contribution in [-0.4, -0.2) is 43.8 Å². The van der Waals surface area contributed by atoms with Gasteiger partial charge in [-0.1, -0.05) is 23.2 Å². The van der Waals surface area contributed by atoms with E-state index in [1.54, 1.807) is 17.3 Å². The molecule has 10 heteroatoms. The van der Waals surface area contributed by atoms with Crippen LogP contribution in [0.2, 0.25) is 8.67 Å². The standard InChI is InChI=1S/C8H9ClN2OS.C7H6ClNO2S/c1-11(2)5-10-8-6(4-12)3-7(9)13-8;1-4(11)9-7-5(3-10)2-6(8)12-7/h3-5H,1-2H3;2-3H,1H3,(H,9,11). The third kappa shape index (κ3) is 7.35. The molecule has 0 spiro atoms. The van der Waals surface area contributed by atoms with Crippen LogP contribution in [0, 0.1) is 0 Å². The lowest BCUT2D eigenvalue weighted by Gasteiger charge is -2.00. The predicted molar refractivity (Wildman–Crippen MR) is 106 cm³/mol. The van der Waals surface area contributed by atoms with E-state index >= 15 is 0 Å². The zero-order chi connectivity index (χ0) is 19.0. The Bertz CT molecular complexity index is 785. The first-order valence-electron chi connectivity index (χ1n) is 6.74. The van der Waals surface area contributed by atoms with Gasteiger partial charge in [-0.15, -0.1) is 22.7 Å². The second-order valence-electron chi connectivity index (χ2n) is 4.77. The van der Waals surface area contributed by atoms with Crippen molar-refractivity contribution in [2.45, 2.75) is 6.92 Å². The fourth-order valence-corrected chi connectivity index (χ4v) is 3.62. The normalized spacial score (nSPS) is 10.1. The lowest BCUT2D eigenvalue weighted by atomic mass is 10.3. The van der Waals surface area contributed by atoms with Crippen molar-refractivity contribution in [3.63, 3.8) is 0 Å². The van der Waals surface area contributed by atoms with E-state index in [2.05, 4.69) is 10.3 Å². The minimum atomic E-state index is -0.211. The van der Waals surface area contributed by atoms with Crippen LogP contribution in [0.5, 0.6) is 0 Å². The maximum absolute atomic E-state index is 10.6. The van der Waals surface area contributed by atoms with Crippen LogP contribution in [0.3, 0.4) is 0 Å². The highest BCUT2D eigenvalue weighted by Crippen LogP contribution is 2.32. The van der Waals surface area contributed by atoms with Gasteiger partial charge in [-0.3, -0.25) is 14.4 Å². The molecule has 6 nitrogen and oxygen atoms in total. The molecule has 2 heterocycles. The van der Waals surface area contributed by atoms with Gasteiger partial charge < -0.3 is 10.2 Å². The molecule has 2 rings (SSSR count). The molecule has 0 aliphatic rings. The Labute approximate surface area is 163 Å². The molecule has 0 bridgehead atoms. The molecule has 1 amide bonds. The molecule has 0 aliphatic carbocycles. The summed E-state index contributed by atoms with van der Waals surface area (Å²) in [5, 5.41) is 3.66. The molecule has 0 unspecified atom stereocenters. The van der Waals surface area contributed by atoms with E-state index in [0.29, 0.717) is 36.1 Å². The number of aldehydes is 2. The minimum absolute atomic E-state index is 0.211. The zero-order valence-electron chi connectivity index (χ0n) is 13.6. The second-order valence-corrected chi connectivity index (χ2v) is 8.12. The van der Waals surface area contributed by atoms with Crippen LogP contribution in [-0.2, 0) is 4.79 Å². The molecule has 1 N–H and O–H groups in total. The first-order valence-corrected chi connectivity index (χ1v) is 9.13. The maximum atomic E-state index is 10.6. The van der Waals surface area contributed by atoms with Crippen molar-refractivity contribution in [2.75, 3.05) is 19.4 Å². The molecule has 2 aromatic rings. The molecular formula is C15H15Cl2N3O3S2. The van der Waals surface area contributed by atoms with E-state index in [1.165, 1.54) is 35.7 Å². The molecule has 0 saturated heterocycles. The molecule has 134 valence electrons. The lowest BCUT2D eigenvalue weighted by Crippen LogP contribution is -2.06. The number of amides is 1. The van der Waals surface area contributed by atoms with E-state index in [-0.39, 0.29) is 5.91 Å². The molecule has 0 aliphatic heterocycles. The van der Waals surface area contributed by atoms with Crippen LogP contribution in [0.15, 0.2) is 17.1 Å². The van der Waals surface area contributed by atoms with E-state index in [9.17, 15) is 14.4 Å². The fourth-order valence-electron chi connectivity index (χ4n) is 1.44. The van der Waals surface area contributed by atoms with Crippen LogP contribution < -0.4 is 5.32 Å². The largest absolute Gasteiger partial charge is 0.369 e. The third-order valence-corrected chi connectivity index (χ3v) is 4.77. The summed E-state index contributed by atoms with van der Waals surface area (Å²) in [6, 6.07) is 3.13. The Morgan fingerprint density at radius 2 is 1.68 bits per heavy atom. The Balaban J connectivity index is 0.000000251. The minimum Gasteiger partial charge on any atom is -0.369 e. The van der Waals surface area contributed by atoms with Crippen molar-refractivity contribution < 1.29 is 14.4 Å². The summed E-state index contributed by atoms with van der Waals surface area (Å²) in [4.78, 5) is 37.5. The van der Waals surface area contributed by atoms with Gasteiger partial charge >= 0.3 is 0 Å². The van der Waals surface area contributed by atoms with Crippen molar-refractivity contribution in [2.24, 2.45) is 4.99 Å². The predicted octanol–water partition coefficient (Wildman–Crippen LogP) is 4.61. The number of nitrogens with zero attached hydrogens (tertiary/aromatic N) is 2. The van der Waals surface area contributed by atoms with E-state index in [4.69, 9.17) is 23.2 Å². The summed E-state index contributed by atoms with van der Waals surface area (Å²) >= 11 is 13.8. The Morgan fingerprint density at radius 3 is 2.20 bits per heavy atom. The quantitative estimate of drug-likeness (QED) is 0.435. The van der Waals surface area contributed by atoms with E-state index in [1.807, 2.05) is 14.1 Å². The summed E-state index contributed by atoms with van der Waals surface area (Å²) in [7, 11) is 3.72. The first kappa shape index (κ1) is 21.3. The number of carbonyl (C=O) groups excluding carboxylic acids is 3. The van der Waals surface area contributed by atoms with E-state index < -0.39 is 0 Å². The summed E-state index contributed by atoms with van der Waals surface area (Å²) in [6.07, 6.45) is 3.05. The maximum Gasteiger partial charge on any atom is 0.221 e. The summed E-state index contributed by atoms with van der Waals surface area (Å²) in [5.74, 6) is -0.211. The van der Waals surface area contributed by atoms with Gasteiger partial charge in [-0.2, -0.15) is 0 Å². The van der Waals surface area contributed by atoms with Crippen molar-refractivity contribution >= 4 is 80.7 Å². The van der Waals surface area contributed by atoms with Crippen LogP contribution >= 0.6 is 45.9 Å². The van der Waals surface area contributed by atoms with Gasteiger partial charge in [0.2, 0.25) is 5.91 Å². The van der Waals surface area contributed by atoms with Gasteiger partial charge in [0.1, 0.15) is 10.0 Å². The molecule has 25 heavy (non-hydrogen) atoms. The summed E-state index contributed by atoms with van der Waals surface area (Å²) in [5.41, 5.74) is 0.952. The number of anilines is 1. The Hall–Kier alpha value is -1.74. The molecule has 0 radical (unpaired) electrons. The van der Waals surface area contributed by atoms with Gasteiger partial charge in [-0.05, 0) is 12.1 Å². The monoisotopic (exact) mass is 419 g/mol. The number of hydrogen-bond acceptors (Lipinski definition) is 6. The van der Waals surface area contributed by atoms with Gasteiger partial charge in [0, 0.05) is 21.0 Å². The number of halogens is 2. The average Bonchev–Trinajstić information content (AvgIpc) is 3.06. The third-order valence-electron chi connectivity index (χ3n) is 2.39. The molecule has 0 atom stereocenters. The van der Waals surface area contributed by atoms with E-state index in [0.717, 1.165) is 6.29 Å². The number of rotatable bonds is 5. The second kappa shape index (κ2) is 10.3. The molecule has 2 aromatic heterocycles. The SMILES string of the molecule is CC(=O)Nc1sc(Cl)cc1C=O.CN(C)C=Nc1sc(Cl)cc1C=O. The van der Waals surface area contributed by atoms with Crippen molar-refractivity contribution in [1.29, 1.82) is 0 Å². The summed E-state index contributed by atoms with van der Waals surface area (Å²) in [6.45, 7) is 1.38. The number of thiophene rings is 2. The van der Waals surface area contributed by atoms with Crippen molar-refractivity contribution in [1.82, 2.24) is 4.90 Å². The molecular weight excluding hydrogens is 405 g/mol. The smallest absolute Gasteiger partial charge is 0.221 e. The number of hydrogen-bond donors (Lipinski definition) is 1. The Kier molecular flexibility index (Phi) is 8.77. The average molecular weight is 420 g/mol. The fraction of sp³-hybridized carbons (Fsp3) is 0.200. The van der Waals surface area contributed by atoms with Gasteiger partial charge in [0.15, 0.2) is 12.6 Å². The van der Waals surface area contributed by atoms with Gasteiger partial charge in [0.05, 0.1) is 26.1 Å². The van der Waals surface area contributed by atoms with Gasteiger partial charge in [0.25, 0.3) is 0 Å². The van der Waals surface area contributed by atoms with Crippen LogP contribution in [0.25, 0.3) is 0 Å². The number of nitrogens with one attached hydrogen (secondary N) is 1. The molecule has 0 saturated carbocycles. The summed E-state index contributed by atoms with van der Waals surface area (Å²) < 4.78 is 1.06. The molecule has 0 aromatic carbocycles. The molecule has 0 fully saturated rings. The topological polar surface area (TPSA) is 78.8 Å². The van der Waals surface area contributed by atoms with Crippen LogP contribution in [0.1, 0.15) is 27.6 Å². The van der Waals surface area contributed by atoms with Crippen molar-refractivity contribution in [3.8, 4) is 0 Å². The lowest BCUT2D eigenvalue weighted by molar-refractivity contribution is -0.114. The zero-order valence-corrected chi connectivity index (χ0v) is 16.7. The Morgan fingerprint density at radius 1 is 1.12 bits per heavy atom. The number of carbonyl (C=O) groups is 3. The highest BCUT2D eigenvalue weighted by molar-refractivity contribution is 7.20. The van der Waals surface area contributed by atoms with Gasteiger partial charge in [-0.25, -0.2) is 4.99 Å². The highest BCUT2D eigenvalue weighted by atomic mass is 35.5. The van der Waals surface area contributed by atoms with Crippen molar-refractivity contribution in [3.05, 3.63) is 31.9 Å². The number of aliphatic imine (C=N–C) groups is 1.